The van der Waals surface area contributed by atoms with E-state index in [0.29, 0.717) is 19.6 Å². The minimum absolute atomic E-state index is 0.0722. The highest BCUT2D eigenvalue weighted by atomic mass is 16.2. The minimum atomic E-state index is 0.0722. The number of piperazine rings is 1. The number of amides is 1. The Kier molecular flexibility index (Phi) is 6.46. The highest BCUT2D eigenvalue weighted by molar-refractivity contribution is 5.78. The maximum absolute atomic E-state index is 12.3. The number of hydrogen-bond acceptors (Lipinski definition) is 7. The number of rotatable bonds is 0. The average Bonchev–Trinajstić information content (AvgIpc) is 2.83. The lowest BCUT2D eigenvalue weighted by Crippen LogP contribution is -2.49. The summed E-state index contributed by atoms with van der Waals surface area (Å²) in [6.07, 6.45) is 3.67. The van der Waals surface area contributed by atoms with Crippen LogP contribution >= 0.6 is 0 Å². The van der Waals surface area contributed by atoms with Crippen LogP contribution in [0.1, 0.15) is 5.56 Å². The van der Waals surface area contributed by atoms with E-state index >= 15 is 0 Å². The Morgan fingerprint density at radius 2 is 1.58 bits per heavy atom. The molecular weight excluding hydrogens is 414 g/mol. The zero-order valence-corrected chi connectivity index (χ0v) is 18.6. The smallest absolute Gasteiger partial charge is 0.234 e. The monoisotopic (exact) mass is 443 g/mol. The summed E-state index contributed by atoms with van der Waals surface area (Å²) in [4.78, 5) is 26.0. The van der Waals surface area contributed by atoms with Crippen molar-refractivity contribution >= 4 is 23.2 Å². The van der Waals surface area contributed by atoms with Crippen LogP contribution in [-0.4, -0.2) is 71.5 Å². The number of nitrogens with zero attached hydrogens (tertiary/aromatic N) is 4. The second-order valence-corrected chi connectivity index (χ2v) is 8.52. The van der Waals surface area contributed by atoms with Gasteiger partial charge in [-0.15, -0.1) is 0 Å². The summed E-state index contributed by atoms with van der Waals surface area (Å²) in [7, 11) is 0. The molecule has 5 aliphatic rings. The summed E-state index contributed by atoms with van der Waals surface area (Å²) in [5, 5.41) is 9.72. The topological polar surface area (TPSA) is 85.4 Å². The molecule has 8 nitrogen and oxygen atoms in total. The fourth-order valence-electron chi connectivity index (χ4n) is 4.26. The molecule has 1 fully saturated rings. The Bertz CT molecular complexity index is 1090. The molecule has 1 amide bonds. The van der Waals surface area contributed by atoms with Crippen molar-refractivity contribution in [2.75, 3.05) is 56.4 Å². The maximum atomic E-state index is 12.3. The third kappa shape index (κ3) is 5.66. The molecule has 0 radical (unpaired) electrons. The predicted molar refractivity (Wildman–Crippen MR) is 130 cm³/mol. The standard InChI is InChI=1S/C25H29N7O/c33-25-18-32-12-10-31(11-13-32)17-19-2-1-3-22(14-19)30-24-15-20(6-7-26-24)21-4-5-23(29-16-21)27-8-9-28-25/h1-7,14-16H,8-13,17-18H2,(H,26,30)(H,27,29)(H,28,33). The van der Waals surface area contributed by atoms with E-state index in [2.05, 4.69) is 60.0 Å². The van der Waals surface area contributed by atoms with E-state index in [1.54, 1.807) is 0 Å². The molecule has 8 heteroatoms. The van der Waals surface area contributed by atoms with E-state index in [9.17, 15) is 4.79 Å². The zero-order valence-electron chi connectivity index (χ0n) is 18.6. The largest absolute Gasteiger partial charge is 0.368 e. The molecule has 0 aliphatic carbocycles. The molecule has 0 spiro atoms. The van der Waals surface area contributed by atoms with E-state index in [1.165, 1.54) is 5.56 Å². The summed E-state index contributed by atoms with van der Waals surface area (Å²) in [5.74, 6) is 1.66. The first-order valence-corrected chi connectivity index (χ1v) is 11.4. The lowest BCUT2D eigenvalue weighted by atomic mass is 10.1. The van der Waals surface area contributed by atoms with Crippen LogP contribution in [0.3, 0.4) is 0 Å². The van der Waals surface area contributed by atoms with Gasteiger partial charge < -0.3 is 16.0 Å². The highest BCUT2D eigenvalue weighted by Crippen LogP contribution is 2.24. The molecular formula is C25H29N7O. The van der Waals surface area contributed by atoms with Crippen LogP contribution in [0.15, 0.2) is 60.9 Å². The van der Waals surface area contributed by atoms with Crippen molar-refractivity contribution < 1.29 is 4.79 Å². The third-order valence-corrected chi connectivity index (χ3v) is 6.05. The number of benzene rings is 1. The van der Waals surface area contributed by atoms with Crippen molar-refractivity contribution in [2.45, 2.75) is 6.54 Å². The first-order valence-electron chi connectivity index (χ1n) is 11.4. The van der Waals surface area contributed by atoms with Crippen molar-refractivity contribution in [3.8, 4) is 11.1 Å². The summed E-state index contributed by atoms with van der Waals surface area (Å²) in [5.41, 5.74) is 4.35. The second-order valence-electron chi connectivity index (χ2n) is 8.52. The SMILES string of the molecule is O=C1CN2CCN(CC2)Cc2cccc(c2)Nc2cc(ccn2)-c2ccc(nc2)NCCN1. The highest BCUT2D eigenvalue weighted by Gasteiger charge is 2.19. The van der Waals surface area contributed by atoms with Gasteiger partial charge in [-0.1, -0.05) is 12.1 Å². The van der Waals surface area contributed by atoms with Crippen LogP contribution in [0.4, 0.5) is 17.3 Å². The lowest BCUT2D eigenvalue weighted by molar-refractivity contribution is -0.122. The summed E-state index contributed by atoms with van der Waals surface area (Å²) in [6, 6.07) is 16.5. The molecule has 33 heavy (non-hydrogen) atoms. The Morgan fingerprint density at radius 3 is 2.39 bits per heavy atom. The lowest BCUT2D eigenvalue weighted by Gasteiger charge is -2.34. The molecule has 0 unspecified atom stereocenters. The maximum Gasteiger partial charge on any atom is 0.234 e. The van der Waals surface area contributed by atoms with Gasteiger partial charge in [-0.25, -0.2) is 9.97 Å². The Morgan fingerprint density at radius 1 is 0.758 bits per heavy atom. The van der Waals surface area contributed by atoms with Crippen LogP contribution in [-0.2, 0) is 11.3 Å². The van der Waals surface area contributed by atoms with Crippen molar-refractivity contribution in [1.82, 2.24) is 25.1 Å². The van der Waals surface area contributed by atoms with Gasteiger partial charge in [-0.05, 0) is 47.5 Å². The van der Waals surface area contributed by atoms with Gasteiger partial charge in [0.2, 0.25) is 5.91 Å². The first-order chi connectivity index (χ1) is 16.2. The number of aromatic nitrogens is 2. The number of anilines is 3. The third-order valence-electron chi connectivity index (χ3n) is 6.05. The van der Waals surface area contributed by atoms with Gasteiger partial charge in [0.25, 0.3) is 0 Å². The molecule has 1 saturated heterocycles. The van der Waals surface area contributed by atoms with Crippen LogP contribution in [0.5, 0.6) is 0 Å². The van der Waals surface area contributed by atoms with Gasteiger partial charge in [0.15, 0.2) is 0 Å². The summed E-state index contributed by atoms with van der Waals surface area (Å²) >= 11 is 0. The molecule has 8 rings (SSSR count). The number of hydrogen-bond donors (Lipinski definition) is 3. The number of carbonyl (C=O) groups excluding carboxylic acids is 1. The minimum Gasteiger partial charge on any atom is -0.368 e. The van der Waals surface area contributed by atoms with Gasteiger partial charge >= 0.3 is 0 Å². The van der Waals surface area contributed by atoms with Gasteiger partial charge in [0.1, 0.15) is 11.6 Å². The number of carbonyl (C=O) groups is 1. The molecule has 5 aliphatic heterocycles. The molecule has 0 atom stereocenters. The second kappa shape index (κ2) is 9.97. The fourth-order valence-corrected chi connectivity index (χ4v) is 4.26. The Hall–Kier alpha value is -3.49. The normalized spacial score (nSPS) is 21.2. The summed E-state index contributed by atoms with van der Waals surface area (Å²) in [6.45, 7) is 6.25. The first kappa shape index (κ1) is 21.4. The molecule has 3 aromatic rings. The van der Waals surface area contributed by atoms with Gasteiger partial charge in [0.05, 0.1) is 6.54 Å². The average molecular weight is 444 g/mol. The predicted octanol–water partition coefficient (Wildman–Crippen LogP) is 2.55. The zero-order chi connectivity index (χ0) is 22.5. The molecule has 8 bridgehead atoms. The molecule has 2 aromatic heterocycles. The van der Waals surface area contributed by atoms with Crippen molar-refractivity contribution in [1.29, 1.82) is 0 Å². The van der Waals surface area contributed by atoms with Crippen molar-refractivity contribution in [2.24, 2.45) is 0 Å². The van der Waals surface area contributed by atoms with E-state index in [-0.39, 0.29) is 5.91 Å². The molecule has 7 heterocycles. The number of nitrogens with one attached hydrogen (secondary N) is 3. The van der Waals surface area contributed by atoms with E-state index in [1.807, 2.05) is 36.7 Å². The number of pyridine rings is 2. The van der Waals surface area contributed by atoms with E-state index in [0.717, 1.165) is 61.2 Å². The van der Waals surface area contributed by atoms with Crippen molar-refractivity contribution in [3.05, 3.63) is 66.5 Å². The molecule has 1 aromatic carbocycles. The molecule has 0 saturated carbocycles. The van der Waals surface area contributed by atoms with Crippen LogP contribution < -0.4 is 16.0 Å². The van der Waals surface area contributed by atoms with Crippen LogP contribution in [0.25, 0.3) is 11.1 Å². The van der Waals surface area contributed by atoms with Gasteiger partial charge in [-0.2, -0.15) is 0 Å². The fraction of sp³-hybridized carbons (Fsp3) is 0.320. The van der Waals surface area contributed by atoms with E-state index < -0.39 is 0 Å². The van der Waals surface area contributed by atoms with Crippen LogP contribution in [0, 0.1) is 0 Å². The van der Waals surface area contributed by atoms with Crippen LogP contribution in [0.2, 0.25) is 0 Å². The quantitative estimate of drug-likeness (QED) is 0.492. The van der Waals surface area contributed by atoms with Gasteiger partial charge in [-0.3, -0.25) is 14.6 Å². The molecule has 3 N–H and O–H groups in total. The van der Waals surface area contributed by atoms with Gasteiger partial charge in [0, 0.05) is 69.5 Å². The Balaban J connectivity index is 1.38. The molecule has 170 valence electrons. The summed E-state index contributed by atoms with van der Waals surface area (Å²) < 4.78 is 0. The van der Waals surface area contributed by atoms with Crippen molar-refractivity contribution in [3.63, 3.8) is 0 Å². The Labute approximate surface area is 194 Å². The van der Waals surface area contributed by atoms with E-state index in [4.69, 9.17) is 0 Å².